The Hall–Kier alpha value is -1.26. The molecule has 0 saturated carbocycles. The second-order valence-electron chi connectivity index (χ2n) is 4.43. The van der Waals surface area contributed by atoms with Gasteiger partial charge in [-0.1, -0.05) is 13.0 Å². The maximum Gasteiger partial charge on any atom is 0.157 e. The van der Waals surface area contributed by atoms with Gasteiger partial charge in [-0.2, -0.15) is 0 Å². The fourth-order valence-electron chi connectivity index (χ4n) is 1.58. The molecule has 1 rings (SSSR count). The monoisotopic (exact) mass is 239 g/mol. The Kier molecular flexibility index (Phi) is 5.80. The normalized spacial score (nSPS) is 12.6. The summed E-state index contributed by atoms with van der Waals surface area (Å²) in [6.07, 6.45) is 2.02. The number of hydrogen-bond acceptors (Lipinski definition) is 4. The van der Waals surface area contributed by atoms with Crippen LogP contribution in [0.2, 0.25) is 0 Å². The van der Waals surface area contributed by atoms with Crippen LogP contribution in [0.5, 0.6) is 11.5 Å². The van der Waals surface area contributed by atoms with Gasteiger partial charge >= 0.3 is 0 Å². The average Bonchev–Trinajstić information content (AvgIpc) is 2.33. The summed E-state index contributed by atoms with van der Waals surface area (Å²) < 4.78 is 0. The van der Waals surface area contributed by atoms with Gasteiger partial charge in [0.05, 0.1) is 0 Å². The summed E-state index contributed by atoms with van der Waals surface area (Å²) in [6, 6.07) is 4.82. The lowest BCUT2D eigenvalue weighted by molar-refractivity contribution is 0.228. The third-order valence-corrected chi connectivity index (χ3v) is 2.73. The van der Waals surface area contributed by atoms with Crippen LogP contribution in [-0.4, -0.2) is 28.5 Å². The topological polar surface area (TPSA) is 72.7 Å². The van der Waals surface area contributed by atoms with Gasteiger partial charge in [0.1, 0.15) is 0 Å². The summed E-state index contributed by atoms with van der Waals surface area (Å²) >= 11 is 0. The van der Waals surface area contributed by atoms with Crippen LogP contribution >= 0.6 is 0 Å². The van der Waals surface area contributed by atoms with E-state index in [1.165, 1.54) is 6.07 Å². The van der Waals surface area contributed by atoms with E-state index in [9.17, 15) is 5.11 Å². The molecule has 4 heteroatoms. The first kappa shape index (κ1) is 13.8. The summed E-state index contributed by atoms with van der Waals surface area (Å²) in [4.78, 5) is 0. The van der Waals surface area contributed by atoms with E-state index >= 15 is 0 Å². The van der Waals surface area contributed by atoms with E-state index in [1.54, 1.807) is 12.1 Å². The van der Waals surface area contributed by atoms with Crippen molar-refractivity contribution in [2.24, 2.45) is 5.92 Å². The number of nitrogens with one attached hydrogen (secondary N) is 1. The molecule has 0 heterocycles. The summed E-state index contributed by atoms with van der Waals surface area (Å²) in [5.74, 6) is 0.179. The molecule has 0 fully saturated rings. The van der Waals surface area contributed by atoms with E-state index in [0.717, 1.165) is 24.9 Å². The zero-order valence-electron chi connectivity index (χ0n) is 10.2. The number of benzene rings is 1. The quantitative estimate of drug-likeness (QED) is 0.431. The van der Waals surface area contributed by atoms with Gasteiger partial charge in [0.2, 0.25) is 0 Å². The molecule has 0 saturated heterocycles. The van der Waals surface area contributed by atoms with Crippen LogP contribution in [0.15, 0.2) is 18.2 Å². The summed E-state index contributed by atoms with van der Waals surface area (Å²) in [6.45, 7) is 3.82. The molecule has 0 aliphatic heterocycles. The number of aliphatic hydroxyl groups is 1. The second-order valence-corrected chi connectivity index (χ2v) is 4.43. The van der Waals surface area contributed by atoms with Gasteiger partial charge in [-0.3, -0.25) is 0 Å². The van der Waals surface area contributed by atoms with Gasteiger partial charge < -0.3 is 20.6 Å². The first-order valence-electron chi connectivity index (χ1n) is 5.96. The smallest absolute Gasteiger partial charge is 0.157 e. The van der Waals surface area contributed by atoms with Crippen LogP contribution in [0.4, 0.5) is 0 Å². The van der Waals surface area contributed by atoms with Crippen molar-refractivity contribution in [3.63, 3.8) is 0 Å². The fourth-order valence-corrected chi connectivity index (χ4v) is 1.58. The van der Waals surface area contributed by atoms with Crippen LogP contribution in [0, 0.1) is 5.92 Å². The zero-order valence-corrected chi connectivity index (χ0v) is 10.2. The SMILES string of the molecule is CC(CO)CCCNCc1ccc(O)c(O)c1. The third-order valence-electron chi connectivity index (χ3n) is 2.73. The molecule has 0 amide bonds. The van der Waals surface area contributed by atoms with Gasteiger partial charge in [0, 0.05) is 13.2 Å². The van der Waals surface area contributed by atoms with Crippen molar-refractivity contribution in [2.75, 3.05) is 13.2 Å². The second kappa shape index (κ2) is 7.14. The summed E-state index contributed by atoms with van der Waals surface area (Å²) in [5.41, 5.74) is 0.940. The minimum Gasteiger partial charge on any atom is -0.504 e. The number of phenols is 2. The Morgan fingerprint density at radius 2 is 2.00 bits per heavy atom. The molecule has 4 nitrogen and oxygen atoms in total. The molecule has 0 aliphatic carbocycles. The van der Waals surface area contributed by atoms with Crippen molar-refractivity contribution < 1.29 is 15.3 Å². The molecule has 1 unspecified atom stereocenters. The highest BCUT2D eigenvalue weighted by Crippen LogP contribution is 2.24. The molecular formula is C13H21NO3. The van der Waals surface area contributed by atoms with Crippen molar-refractivity contribution in [3.8, 4) is 11.5 Å². The van der Waals surface area contributed by atoms with Crippen molar-refractivity contribution >= 4 is 0 Å². The lowest BCUT2D eigenvalue weighted by atomic mass is 10.1. The minimum absolute atomic E-state index is 0.0850. The predicted octanol–water partition coefficient (Wildman–Crippen LogP) is 1.60. The number of aliphatic hydroxyl groups excluding tert-OH is 1. The molecule has 1 atom stereocenters. The Balaban J connectivity index is 2.20. The lowest BCUT2D eigenvalue weighted by Crippen LogP contribution is -2.15. The molecule has 0 aliphatic rings. The van der Waals surface area contributed by atoms with E-state index in [-0.39, 0.29) is 18.1 Å². The molecule has 96 valence electrons. The highest BCUT2D eigenvalue weighted by atomic mass is 16.3. The predicted molar refractivity (Wildman–Crippen MR) is 67.0 cm³/mol. The highest BCUT2D eigenvalue weighted by Gasteiger charge is 2.01. The molecule has 0 aromatic heterocycles. The van der Waals surface area contributed by atoms with E-state index in [4.69, 9.17) is 10.2 Å². The molecule has 17 heavy (non-hydrogen) atoms. The largest absolute Gasteiger partial charge is 0.504 e. The van der Waals surface area contributed by atoms with E-state index in [1.807, 2.05) is 6.92 Å². The van der Waals surface area contributed by atoms with Crippen molar-refractivity contribution in [3.05, 3.63) is 23.8 Å². The van der Waals surface area contributed by atoms with Crippen LogP contribution in [0.3, 0.4) is 0 Å². The molecule has 1 aromatic carbocycles. The van der Waals surface area contributed by atoms with E-state index < -0.39 is 0 Å². The van der Waals surface area contributed by atoms with Gasteiger partial charge in [0.15, 0.2) is 11.5 Å². The van der Waals surface area contributed by atoms with Crippen LogP contribution < -0.4 is 5.32 Å². The van der Waals surface area contributed by atoms with Gasteiger partial charge in [0.25, 0.3) is 0 Å². The summed E-state index contributed by atoms with van der Waals surface area (Å²) in [7, 11) is 0. The number of hydrogen-bond donors (Lipinski definition) is 4. The van der Waals surface area contributed by atoms with Crippen LogP contribution in [0.25, 0.3) is 0 Å². The lowest BCUT2D eigenvalue weighted by Gasteiger charge is -2.08. The van der Waals surface area contributed by atoms with Crippen LogP contribution in [0.1, 0.15) is 25.3 Å². The minimum atomic E-state index is -0.0921. The Bertz CT molecular complexity index is 341. The van der Waals surface area contributed by atoms with Gasteiger partial charge in [-0.25, -0.2) is 0 Å². The molecule has 0 spiro atoms. The van der Waals surface area contributed by atoms with E-state index in [2.05, 4.69) is 5.32 Å². The van der Waals surface area contributed by atoms with Crippen molar-refractivity contribution in [1.82, 2.24) is 5.32 Å². The molecule has 4 N–H and O–H groups in total. The molecule has 0 bridgehead atoms. The average molecular weight is 239 g/mol. The molecular weight excluding hydrogens is 218 g/mol. The van der Waals surface area contributed by atoms with Gasteiger partial charge in [-0.05, 0) is 43.0 Å². The molecule has 1 aromatic rings. The first-order valence-corrected chi connectivity index (χ1v) is 5.96. The van der Waals surface area contributed by atoms with Gasteiger partial charge in [-0.15, -0.1) is 0 Å². The van der Waals surface area contributed by atoms with Crippen molar-refractivity contribution in [1.29, 1.82) is 0 Å². The summed E-state index contributed by atoms with van der Waals surface area (Å²) in [5, 5.41) is 30.6. The first-order chi connectivity index (χ1) is 8.13. The Labute approximate surface area is 102 Å². The maximum absolute atomic E-state index is 9.30. The number of phenolic OH excluding ortho intramolecular Hbond substituents is 2. The van der Waals surface area contributed by atoms with Crippen LogP contribution in [-0.2, 0) is 6.54 Å². The fraction of sp³-hybridized carbons (Fsp3) is 0.538. The third kappa shape index (κ3) is 5.06. The Morgan fingerprint density at radius 3 is 2.65 bits per heavy atom. The zero-order chi connectivity index (χ0) is 12.7. The molecule has 0 radical (unpaired) electrons. The Morgan fingerprint density at radius 1 is 1.24 bits per heavy atom. The number of aromatic hydroxyl groups is 2. The van der Waals surface area contributed by atoms with Crippen molar-refractivity contribution in [2.45, 2.75) is 26.3 Å². The number of rotatable bonds is 7. The maximum atomic E-state index is 9.30. The highest BCUT2D eigenvalue weighted by molar-refractivity contribution is 5.40. The van der Waals surface area contributed by atoms with E-state index in [0.29, 0.717) is 12.5 Å². The standard InChI is InChI=1S/C13H21NO3/c1-10(9-15)3-2-6-14-8-11-4-5-12(16)13(17)7-11/h4-5,7,10,14-17H,2-3,6,8-9H2,1H3.